The van der Waals surface area contributed by atoms with E-state index in [9.17, 15) is 13.2 Å². The minimum Gasteiger partial charge on any atom is -0.464 e. The zero-order valence-electron chi connectivity index (χ0n) is 11.3. The summed E-state index contributed by atoms with van der Waals surface area (Å²) in [7, 11) is -2.70. The first-order chi connectivity index (χ1) is 9.95. The molecule has 0 fully saturated rings. The summed E-state index contributed by atoms with van der Waals surface area (Å²) >= 11 is 0.859. The number of hydrogen-bond acceptors (Lipinski definition) is 7. The smallest absolute Gasteiger partial charge is 0.358 e. The normalized spacial score (nSPS) is 12.9. The van der Waals surface area contributed by atoms with Crippen LogP contribution in [0.1, 0.15) is 29.0 Å². The maximum atomic E-state index is 12.3. The summed E-state index contributed by atoms with van der Waals surface area (Å²) in [6.07, 6.45) is 3.17. The number of hydrogen-bond donors (Lipinski definition) is 1. The molecule has 0 saturated heterocycles. The van der Waals surface area contributed by atoms with Crippen molar-refractivity contribution in [3.8, 4) is 0 Å². The molecule has 0 amide bonds. The fourth-order valence-electron chi connectivity index (χ4n) is 1.65. The fourth-order valence-corrected chi connectivity index (χ4v) is 4.03. The Kier molecular flexibility index (Phi) is 4.66. The highest BCUT2D eigenvalue weighted by atomic mass is 32.2. The molecule has 21 heavy (non-hydrogen) atoms. The van der Waals surface area contributed by atoms with E-state index in [0.717, 1.165) is 11.3 Å². The fraction of sp³-hybridized carbons (Fsp3) is 0.250. The molecule has 0 aliphatic carbocycles. The molecule has 0 spiro atoms. The highest BCUT2D eigenvalue weighted by Crippen LogP contribution is 2.23. The molecule has 0 saturated carbocycles. The second kappa shape index (κ2) is 6.29. The van der Waals surface area contributed by atoms with Crippen molar-refractivity contribution in [3.05, 3.63) is 41.3 Å². The molecule has 2 rings (SSSR count). The van der Waals surface area contributed by atoms with Crippen molar-refractivity contribution < 1.29 is 17.9 Å². The van der Waals surface area contributed by atoms with Crippen LogP contribution < -0.4 is 4.72 Å². The number of carbonyl (C=O) groups is 1. The van der Waals surface area contributed by atoms with Crippen molar-refractivity contribution in [1.29, 1.82) is 0 Å². The summed E-state index contributed by atoms with van der Waals surface area (Å²) in [5, 5.41) is 0. The summed E-state index contributed by atoms with van der Waals surface area (Å²) < 4.78 is 31.5. The second-order valence-electron chi connectivity index (χ2n) is 4.11. The number of methoxy groups -OCH3 is 1. The largest absolute Gasteiger partial charge is 0.464 e. The van der Waals surface area contributed by atoms with Gasteiger partial charge in [-0.25, -0.2) is 22.9 Å². The second-order valence-corrected chi connectivity index (χ2v) is 6.87. The average molecular weight is 327 g/mol. The summed E-state index contributed by atoms with van der Waals surface area (Å²) in [4.78, 5) is 19.2. The van der Waals surface area contributed by atoms with Gasteiger partial charge in [0.05, 0.1) is 12.6 Å². The van der Waals surface area contributed by atoms with Gasteiger partial charge in [0.2, 0.25) is 0 Å². The third-order valence-electron chi connectivity index (χ3n) is 2.67. The van der Waals surface area contributed by atoms with Crippen molar-refractivity contribution in [2.75, 3.05) is 7.11 Å². The van der Waals surface area contributed by atoms with Gasteiger partial charge in [-0.3, -0.25) is 4.98 Å². The van der Waals surface area contributed by atoms with Gasteiger partial charge in [-0.2, -0.15) is 0 Å². The molecular formula is C12H13N3O4S2. The van der Waals surface area contributed by atoms with Gasteiger partial charge in [0.1, 0.15) is 0 Å². The van der Waals surface area contributed by atoms with Crippen LogP contribution in [0.5, 0.6) is 0 Å². The van der Waals surface area contributed by atoms with E-state index in [1.165, 1.54) is 12.6 Å². The molecule has 0 bridgehead atoms. The lowest BCUT2D eigenvalue weighted by atomic mass is 10.2. The van der Waals surface area contributed by atoms with Crippen molar-refractivity contribution in [1.82, 2.24) is 14.7 Å². The highest BCUT2D eigenvalue weighted by Gasteiger charge is 2.28. The molecule has 1 atom stereocenters. The molecule has 1 N–H and O–H groups in total. The molecule has 2 aromatic heterocycles. The molecule has 0 unspecified atom stereocenters. The maximum Gasteiger partial charge on any atom is 0.358 e. The van der Waals surface area contributed by atoms with Gasteiger partial charge < -0.3 is 4.74 Å². The summed E-state index contributed by atoms with van der Waals surface area (Å²) in [5.74, 6) is -0.786. The number of rotatable bonds is 5. The number of esters is 1. The topological polar surface area (TPSA) is 98.2 Å². The Morgan fingerprint density at radius 3 is 2.86 bits per heavy atom. The van der Waals surface area contributed by atoms with Crippen molar-refractivity contribution in [2.45, 2.75) is 17.2 Å². The van der Waals surface area contributed by atoms with E-state index < -0.39 is 22.0 Å². The molecule has 2 aromatic rings. The Morgan fingerprint density at radius 1 is 1.48 bits per heavy atom. The van der Waals surface area contributed by atoms with Crippen LogP contribution in [0.3, 0.4) is 0 Å². The molecule has 112 valence electrons. The van der Waals surface area contributed by atoms with Crippen LogP contribution in [0, 0.1) is 0 Å². The first-order valence-corrected chi connectivity index (χ1v) is 8.26. The van der Waals surface area contributed by atoms with Gasteiger partial charge in [-0.15, -0.1) is 11.3 Å². The van der Waals surface area contributed by atoms with E-state index >= 15 is 0 Å². The van der Waals surface area contributed by atoms with Crippen molar-refractivity contribution in [2.24, 2.45) is 0 Å². The van der Waals surface area contributed by atoms with Gasteiger partial charge in [0, 0.05) is 18.4 Å². The number of nitrogens with zero attached hydrogens (tertiary/aromatic N) is 2. The van der Waals surface area contributed by atoms with Crippen LogP contribution >= 0.6 is 11.3 Å². The Morgan fingerprint density at radius 2 is 2.24 bits per heavy atom. The average Bonchev–Trinajstić information content (AvgIpc) is 2.97. The SMILES string of the molecule is COC(=O)c1ncsc1S(=O)(=O)N[C@H](C)c1cccnc1. The molecule has 2 heterocycles. The van der Waals surface area contributed by atoms with Gasteiger partial charge in [0.15, 0.2) is 9.90 Å². The van der Waals surface area contributed by atoms with E-state index in [2.05, 4.69) is 19.4 Å². The Labute approximate surface area is 126 Å². The van der Waals surface area contributed by atoms with Gasteiger partial charge in [-0.1, -0.05) is 6.07 Å². The highest BCUT2D eigenvalue weighted by molar-refractivity contribution is 7.91. The van der Waals surface area contributed by atoms with Crippen LogP contribution in [0.15, 0.2) is 34.2 Å². The molecule has 0 aromatic carbocycles. The lowest BCUT2D eigenvalue weighted by molar-refractivity contribution is 0.0590. The third kappa shape index (κ3) is 3.43. The standard InChI is InChI=1S/C12H13N3O4S2/c1-8(9-4-3-5-13-6-9)15-21(17,18)12-10(11(16)19-2)14-7-20-12/h3-8,15H,1-2H3/t8-/m1/s1. The zero-order valence-corrected chi connectivity index (χ0v) is 12.9. The number of carbonyl (C=O) groups excluding carboxylic acids is 1. The quantitative estimate of drug-likeness (QED) is 0.833. The van der Waals surface area contributed by atoms with Crippen molar-refractivity contribution >= 4 is 27.3 Å². The molecule has 0 aliphatic heterocycles. The van der Waals surface area contributed by atoms with E-state index in [0.29, 0.717) is 5.56 Å². The van der Waals surface area contributed by atoms with Crippen molar-refractivity contribution in [3.63, 3.8) is 0 Å². The van der Waals surface area contributed by atoms with Crippen LogP contribution in [-0.4, -0.2) is 31.5 Å². The minimum atomic E-state index is -3.87. The first-order valence-electron chi connectivity index (χ1n) is 5.89. The number of pyridine rings is 1. The molecule has 0 radical (unpaired) electrons. The van der Waals surface area contributed by atoms with Crippen LogP contribution in [-0.2, 0) is 14.8 Å². The monoisotopic (exact) mass is 327 g/mol. The summed E-state index contributed by atoms with van der Waals surface area (Å²) in [6, 6.07) is 2.98. The lowest BCUT2D eigenvalue weighted by Gasteiger charge is -2.13. The predicted octanol–water partition coefficient (Wildman–Crippen LogP) is 1.36. The summed E-state index contributed by atoms with van der Waals surface area (Å²) in [5.41, 5.74) is 1.79. The van der Waals surface area contributed by atoms with E-state index in [1.807, 2.05) is 0 Å². The summed E-state index contributed by atoms with van der Waals surface area (Å²) in [6.45, 7) is 1.69. The lowest BCUT2D eigenvalue weighted by Crippen LogP contribution is -2.27. The molecular weight excluding hydrogens is 314 g/mol. The first kappa shape index (κ1) is 15.5. The molecule has 0 aliphatic rings. The third-order valence-corrected chi connectivity index (χ3v) is 5.58. The Balaban J connectivity index is 2.27. The van der Waals surface area contributed by atoms with Crippen LogP contribution in [0.2, 0.25) is 0 Å². The van der Waals surface area contributed by atoms with Gasteiger partial charge in [-0.05, 0) is 18.6 Å². The zero-order chi connectivity index (χ0) is 15.5. The number of aromatic nitrogens is 2. The van der Waals surface area contributed by atoms with Gasteiger partial charge in [0.25, 0.3) is 10.0 Å². The van der Waals surface area contributed by atoms with Gasteiger partial charge >= 0.3 is 5.97 Å². The van der Waals surface area contributed by atoms with Crippen LogP contribution in [0.4, 0.5) is 0 Å². The van der Waals surface area contributed by atoms with Crippen LogP contribution in [0.25, 0.3) is 0 Å². The van der Waals surface area contributed by atoms with E-state index in [1.54, 1.807) is 31.5 Å². The molecule has 7 nitrogen and oxygen atoms in total. The minimum absolute atomic E-state index is 0.162. The number of sulfonamides is 1. The van der Waals surface area contributed by atoms with E-state index in [4.69, 9.17) is 0 Å². The number of thiazole rings is 1. The predicted molar refractivity (Wildman–Crippen MR) is 76.4 cm³/mol. The Bertz CT molecular complexity index is 728. The number of nitrogens with one attached hydrogen (secondary N) is 1. The maximum absolute atomic E-state index is 12.3. The number of ether oxygens (including phenoxy) is 1. The Hall–Kier alpha value is -1.84. The molecule has 9 heteroatoms. The van der Waals surface area contributed by atoms with E-state index in [-0.39, 0.29) is 9.90 Å².